The standard InChI is InChI=1S/C12H9BO2S.2C2H6/c14-13(15)10-6-3-5-9-8-4-1-2-7-11(8)16-12(9)10;2*1-2/h1-7,14-15H;2*1-2H3. The molecule has 3 aromatic rings. The summed E-state index contributed by atoms with van der Waals surface area (Å²) in [6.45, 7) is 8.00. The Morgan fingerprint density at radius 1 is 0.800 bits per heavy atom. The molecule has 2 aromatic carbocycles. The SMILES string of the molecule is CC.CC.OB(O)c1cccc2c1sc1ccccc12. The summed E-state index contributed by atoms with van der Waals surface area (Å²) in [5.41, 5.74) is 0.582. The summed E-state index contributed by atoms with van der Waals surface area (Å²) in [7, 11) is -1.41. The summed E-state index contributed by atoms with van der Waals surface area (Å²) in [6.07, 6.45) is 0. The highest BCUT2D eigenvalue weighted by molar-refractivity contribution is 7.27. The molecule has 3 rings (SSSR count). The second kappa shape index (κ2) is 8.05. The molecule has 0 unspecified atom stereocenters. The molecule has 0 saturated heterocycles. The molecule has 2 nitrogen and oxygen atoms in total. The fraction of sp³-hybridized carbons (Fsp3) is 0.250. The maximum atomic E-state index is 9.31. The Bertz CT molecular complexity index is 662. The van der Waals surface area contributed by atoms with E-state index in [9.17, 15) is 10.0 Å². The Hall–Kier alpha value is -1.36. The van der Waals surface area contributed by atoms with Crippen molar-refractivity contribution in [2.45, 2.75) is 27.7 Å². The average Bonchev–Trinajstić information content (AvgIpc) is 2.89. The van der Waals surface area contributed by atoms with Crippen LogP contribution in [-0.4, -0.2) is 17.2 Å². The van der Waals surface area contributed by atoms with Gasteiger partial charge in [0.15, 0.2) is 0 Å². The molecule has 4 heteroatoms. The van der Waals surface area contributed by atoms with Gasteiger partial charge in [0.2, 0.25) is 0 Å². The highest BCUT2D eigenvalue weighted by Crippen LogP contribution is 2.32. The van der Waals surface area contributed by atoms with Crippen molar-refractivity contribution in [2.24, 2.45) is 0 Å². The van der Waals surface area contributed by atoms with Crippen LogP contribution in [0.3, 0.4) is 0 Å². The van der Waals surface area contributed by atoms with Crippen LogP contribution in [0.2, 0.25) is 0 Å². The van der Waals surface area contributed by atoms with E-state index < -0.39 is 7.12 Å². The van der Waals surface area contributed by atoms with Crippen LogP contribution in [0.4, 0.5) is 0 Å². The molecule has 0 saturated carbocycles. The zero-order valence-corrected chi connectivity index (χ0v) is 13.2. The van der Waals surface area contributed by atoms with Crippen LogP contribution in [-0.2, 0) is 0 Å². The van der Waals surface area contributed by atoms with Gasteiger partial charge in [-0.1, -0.05) is 64.1 Å². The molecule has 0 atom stereocenters. The van der Waals surface area contributed by atoms with E-state index in [1.165, 1.54) is 10.1 Å². The molecule has 0 aliphatic heterocycles. The van der Waals surface area contributed by atoms with Crippen LogP contribution in [0, 0.1) is 0 Å². The molecule has 1 aromatic heterocycles. The van der Waals surface area contributed by atoms with Gasteiger partial charge in [-0.05, 0) is 16.9 Å². The van der Waals surface area contributed by atoms with Crippen LogP contribution in [0.1, 0.15) is 27.7 Å². The maximum absolute atomic E-state index is 9.31. The number of thiophene rings is 1. The van der Waals surface area contributed by atoms with Gasteiger partial charge in [-0.15, -0.1) is 11.3 Å². The number of benzene rings is 2. The Morgan fingerprint density at radius 2 is 1.40 bits per heavy atom. The number of hydrogen-bond donors (Lipinski definition) is 2. The van der Waals surface area contributed by atoms with Gasteiger partial charge in [0, 0.05) is 14.8 Å². The van der Waals surface area contributed by atoms with Crippen LogP contribution < -0.4 is 5.46 Å². The van der Waals surface area contributed by atoms with E-state index in [1.807, 2.05) is 58.0 Å². The molecular formula is C16H21BO2S. The largest absolute Gasteiger partial charge is 0.489 e. The van der Waals surface area contributed by atoms with Gasteiger partial charge in [-0.3, -0.25) is 0 Å². The second-order valence-electron chi connectivity index (χ2n) is 3.70. The van der Waals surface area contributed by atoms with E-state index in [0.717, 1.165) is 10.1 Å². The molecule has 0 aliphatic carbocycles. The number of hydrogen-bond acceptors (Lipinski definition) is 3. The summed E-state index contributed by atoms with van der Waals surface area (Å²) in [4.78, 5) is 0. The van der Waals surface area contributed by atoms with Crippen LogP contribution in [0.25, 0.3) is 20.2 Å². The molecule has 0 fully saturated rings. The van der Waals surface area contributed by atoms with E-state index in [2.05, 4.69) is 6.07 Å². The number of rotatable bonds is 1. The van der Waals surface area contributed by atoms with Crippen molar-refractivity contribution in [3.05, 3.63) is 42.5 Å². The van der Waals surface area contributed by atoms with E-state index >= 15 is 0 Å². The van der Waals surface area contributed by atoms with Gasteiger partial charge in [-0.2, -0.15) is 0 Å². The first-order valence-electron chi connectivity index (χ1n) is 7.03. The molecule has 0 radical (unpaired) electrons. The zero-order chi connectivity index (χ0) is 15.1. The lowest BCUT2D eigenvalue weighted by molar-refractivity contribution is 0.426. The van der Waals surface area contributed by atoms with Gasteiger partial charge in [0.05, 0.1) is 0 Å². The number of fused-ring (bicyclic) bond motifs is 3. The average molecular weight is 288 g/mol. The predicted octanol–water partition coefficient (Wildman–Crippen LogP) is 3.79. The summed E-state index contributed by atoms with van der Waals surface area (Å²) in [5.74, 6) is 0. The molecule has 0 aliphatic rings. The topological polar surface area (TPSA) is 40.5 Å². The molecule has 20 heavy (non-hydrogen) atoms. The normalized spacial score (nSPS) is 9.50. The lowest BCUT2D eigenvalue weighted by atomic mass is 9.80. The third-order valence-electron chi connectivity index (χ3n) is 2.71. The van der Waals surface area contributed by atoms with Crippen molar-refractivity contribution in [2.75, 3.05) is 0 Å². The third kappa shape index (κ3) is 3.21. The summed E-state index contributed by atoms with van der Waals surface area (Å²) < 4.78 is 2.13. The molecule has 0 amide bonds. The van der Waals surface area contributed by atoms with E-state index in [1.54, 1.807) is 17.4 Å². The molecule has 0 spiro atoms. The summed E-state index contributed by atoms with van der Waals surface area (Å²) in [5, 5.41) is 20.9. The third-order valence-corrected chi connectivity index (χ3v) is 3.95. The van der Waals surface area contributed by atoms with Gasteiger partial charge in [0.1, 0.15) is 0 Å². The highest BCUT2D eigenvalue weighted by atomic mass is 32.1. The van der Waals surface area contributed by atoms with Crippen LogP contribution in [0.15, 0.2) is 42.5 Å². The van der Waals surface area contributed by atoms with Gasteiger partial charge in [0.25, 0.3) is 0 Å². The van der Waals surface area contributed by atoms with Crippen molar-refractivity contribution >= 4 is 44.1 Å². The van der Waals surface area contributed by atoms with Crippen molar-refractivity contribution < 1.29 is 10.0 Å². The monoisotopic (exact) mass is 288 g/mol. The predicted molar refractivity (Wildman–Crippen MR) is 91.9 cm³/mol. The first kappa shape index (κ1) is 16.7. The quantitative estimate of drug-likeness (QED) is 0.669. The first-order chi connectivity index (χ1) is 9.77. The fourth-order valence-corrected chi connectivity index (χ4v) is 3.21. The summed E-state index contributed by atoms with van der Waals surface area (Å²) in [6, 6.07) is 13.7. The van der Waals surface area contributed by atoms with Crippen LogP contribution in [0.5, 0.6) is 0 Å². The van der Waals surface area contributed by atoms with Crippen molar-refractivity contribution in [1.29, 1.82) is 0 Å². The zero-order valence-electron chi connectivity index (χ0n) is 12.4. The minimum absolute atomic E-state index is 0.582. The summed E-state index contributed by atoms with van der Waals surface area (Å²) >= 11 is 1.60. The lowest BCUT2D eigenvalue weighted by Gasteiger charge is -1.99. The van der Waals surface area contributed by atoms with Gasteiger partial charge in [-0.25, -0.2) is 0 Å². The maximum Gasteiger partial charge on any atom is 0.489 e. The fourth-order valence-electron chi connectivity index (χ4n) is 1.97. The van der Waals surface area contributed by atoms with Crippen LogP contribution >= 0.6 is 11.3 Å². The van der Waals surface area contributed by atoms with Crippen molar-refractivity contribution in [1.82, 2.24) is 0 Å². The molecule has 1 heterocycles. The molecule has 0 bridgehead atoms. The Morgan fingerprint density at radius 3 is 2.05 bits per heavy atom. The van der Waals surface area contributed by atoms with E-state index in [0.29, 0.717) is 5.46 Å². The Balaban J connectivity index is 0.000000461. The highest BCUT2D eigenvalue weighted by Gasteiger charge is 2.16. The smallest absolute Gasteiger partial charge is 0.423 e. The van der Waals surface area contributed by atoms with E-state index in [-0.39, 0.29) is 0 Å². The van der Waals surface area contributed by atoms with E-state index in [4.69, 9.17) is 0 Å². The van der Waals surface area contributed by atoms with Gasteiger partial charge < -0.3 is 10.0 Å². The molecule has 2 N–H and O–H groups in total. The minimum atomic E-state index is -1.41. The minimum Gasteiger partial charge on any atom is -0.423 e. The lowest BCUT2D eigenvalue weighted by Crippen LogP contribution is -2.29. The first-order valence-corrected chi connectivity index (χ1v) is 7.85. The second-order valence-corrected chi connectivity index (χ2v) is 4.75. The Kier molecular flexibility index (Phi) is 6.72. The van der Waals surface area contributed by atoms with Crippen molar-refractivity contribution in [3.8, 4) is 0 Å². The van der Waals surface area contributed by atoms with Gasteiger partial charge >= 0.3 is 7.12 Å². The molecular weight excluding hydrogens is 267 g/mol. The molecule has 106 valence electrons. The van der Waals surface area contributed by atoms with Crippen molar-refractivity contribution in [3.63, 3.8) is 0 Å². The Labute approximate surface area is 124 Å².